The highest BCUT2D eigenvalue weighted by molar-refractivity contribution is 5.76. The quantitative estimate of drug-likeness (QED) is 0.343. The van der Waals surface area contributed by atoms with Crippen LogP contribution in [0.3, 0.4) is 0 Å². The van der Waals surface area contributed by atoms with Crippen molar-refractivity contribution >= 4 is 17.3 Å². The molecule has 0 bridgehead atoms. The van der Waals surface area contributed by atoms with Gasteiger partial charge in [-0.15, -0.1) is 0 Å². The Labute approximate surface area is 188 Å². The van der Waals surface area contributed by atoms with Crippen LogP contribution in [-0.4, -0.2) is 67.6 Å². The maximum Gasteiger partial charge on any atom is 0.269 e. The standard InChI is InChI=1S/C23H30N4O5/c1-31-21-10-5-18(16-22(21)32-2)17-25-12-14-26(15-13-25)23(28)4-3-11-24-19-6-8-20(9-7-19)27(29)30/h5-10,16,24H,3-4,11-15,17H2,1-2H3. The lowest BCUT2D eigenvalue weighted by Crippen LogP contribution is -2.48. The van der Waals surface area contributed by atoms with Gasteiger partial charge in [0.05, 0.1) is 19.1 Å². The SMILES string of the molecule is COc1ccc(CN2CCN(C(=O)CCCNc3ccc([N+](=O)[O-])cc3)CC2)cc1OC. The molecule has 1 aliphatic rings. The zero-order valence-electron chi connectivity index (χ0n) is 18.6. The van der Waals surface area contributed by atoms with E-state index >= 15 is 0 Å². The van der Waals surface area contributed by atoms with Crippen molar-refractivity contribution in [1.29, 1.82) is 0 Å². The van der Waals surface area contributed by atoms with Gasteiger partial charge in [-0.25, -0.2) is 0 Å². The predicted octanol–water partition coefficient (Wildman–Crippen LogP) is 3.15. The zero-order chi connectivity index (χ0) is 22.9. The lowest BCUT2D eigenvalue weighted by atomic mass is 10.1. The summed E-state index contributed by atoms with van der Waals surface area (Å²) in [6.45, 7) is 4.57. The number of anilines is 1. The van der Waals surface area contributed by atoms with Gasteiger partial charge in [-0.1, -0.05) is 6.07 Å². The van der Waals surface area contributed by atoms with Gasteiger partial charge in [-0.2, -0.15) is 0 Å². The molecule has 172 valence electrons. The molecule has 2 aromatic rings. The molecule has 2 aromatic carbocycles. The highest BCUT2D eigenvalue weighted by Gasteiger charge is 2.21. The van der Waals surface area contributed by atoms with Crippen molar-refractivity contribution < 1.29 is 19.2 Å². The minimum absolute atomic E-state index is 0.0657. The molecule has 0 unspecified atom stereocenters. The van der Waals surface area contributed by atoms with E-state index in [1.54, 1.807) is 26.4 Å². The Morgan fingerprint density at radius 2 is 1.72 bits per heavy atom. The number of methoxy groups -OCH3 is 2. The first-order valence-corrected chi connectivity index (χ1v) is 10.7. The van der Waals surface area contributed by atoms with E-state index in [-0.39, 0.29) is 11.6 Å². The van der Waals surface area contributed by atoms with E-state index in [0.717, 1.165) is 55.5 Å². The van der Waals surface area contributed by atoms with E-state index in [2.05, 4.69) is 10.2 Å². The number of rotatable bonds is 10. The summed E-state index contributed by atoms with van der Waals surface area (Å²) in [5, 5.41) is 13.9. The van der Waals surface area contributed by atoms with Gasteiger partial charge in [0.2, 0.25) is 5.91 Å². The third kappa shape index (κ3) is 6.34. The fraction of sp³-hybridized carbons (Fsp3) is 0.435. The molecular weight excluding hydrogens is 412 g/mol. The first-order valence-electron chi connectivity index (χ1n) is 10.7. The number of nitrogens with zero attached hydrogens (tertiary/aromatic N) is 3. The third-order valence-electron chi connectivity index (χ3n) is 5.55. The zero-order valence-corrected chi connectivity index (χ0v) is 18.6. The molecule has 9 heteroatoms. The van der Waals surface area contributed by atoms with Crippen molar-refractivity contribution in [2.45, 2.75) is 19.4 Å². The monoisotopic (exact) mass is 442 g/mol. The first-order chi connectivity index (χ1) is 15.5. The molecule has 0 radical (unpaired) electrons. The van der Waals surface area contributed by atoms with E-state index in [4.69, 9.17) is 9.47 Å². The van der Waals surface area contributed by atoms with Gasteiger partial charge in [0.25, 0.3) is 5.69 Å². The normalized spacial score (nSPS) is 14.1. The van der Waals surface area contributed by atoms with Gasteiger partial charge in [0, 0.05) is 63.5 Å². The predicted molar refractivity (Wildman–Crippen MR) is 122 cm³/mol. The summed E-state index contributed by atoms with van der Waals surface area (Å²) in [5.74, 6) is 1.61. The summed E-state index contributed by atoms with van der Waals surface area (Å²) in [4.78, 5) is 27.1. The molecule has 1 fully saturated rings. The Balaban J connectivity index is 1.36. The van der Waals surface area contributed by atoms with Crippen LogP contribution in [0.2, 0.25) is 0 Å². The molecule has 32 heavy (non-hydrogen) atoms. The fourth-order valence-corrected chi connectivity index (χ4v) is 3.72. The van der Waals surface area contributed by atoms with Gasteiger partial charge in [0.1, 0.15) is 0 Å². The number of piperazine rings is 1. The number of ether oxygens (including phenoxy) is 2. The van der Waals surface area contributed by atoms with E-state index in [1.165, 1.54) is 12.1 Å². The molecule has 0 aliphatic carbocycles. The smallest absolute Gasteiger partial charge is 0.269 e. The molecule has 0 atom stereocenters. The number of hydrogen-bond acceptors (Lipinski definition) is 7. The fourth-order valence-electron chi connectivity index (χ4n) is 3.72. The Bertz CT molecular complexity index is 911. The highest BCUT2D eigenvalue weighted by Crippen LogP contribution is 2.28. The van der Waals surface area contributed by atoms with Crippen molar-refractivity contribution in [3.63, 3.8) is 0 Å². The number of carbonyl (C=O) groups is 1. The summed E-state index contributed by atoms with van der Waals surface area (Å²) in [6, 6.07) is 12.2. The van der Waals surface area contributed by atoms with Crippen LogP contribution in [0.4, 0.5) is 11.4 Å². The number of nitrogens with one attached hydrogen (secondary N) is 1. The van der Waals surface area contributed by atoms with E-state index in [1.807, 2.05) is 23.1 Å². The average molecular weight is 443 g/mol. The third-order valence-corrected chi connectivity index (χ3v) is 5.55. The Morgan fingerprint density at radius 1 is 1.03 bits per heavy atom. The molecule has 0 aromatic heterocycles. The second-order valence-electron chi connectivity index (χ2n) is 7.68. The lowest BCUT2D eigenvalue weighted by molar-refractivity contribution is -0.384. The number of carbonyl (C=O) groups excluding carboxylic acids is 1. The van der Waals surface area contributed by atoms with Crippen LogP contribution >= 0.6 is 0 Å². The molecule has 9 nitrogen and oxygen atoms in total. The summed E-state index contributed by atoms with van der Waals surface area (Å²) >= 11 is 0. The number of benzene rings is 2. The molecule has 1 heterocycles. The van der Waals surface area contributed by atoms with E-state index in [0.29, 0.717) is 19.4 Å². The van der Waals surface area contributed by atoms with Crippen molar-refractivity contribution in [3.05, 3.63) is 58.1 Å². The maximum atomic E-state index is 12.5. The van der Waals surface area contributed by atoms with Crippen LogP contribution in [-0.2, 0) is 11.3 Å². The van der Waals surface area contributed by atoms with E-state index in [9.17, 15) is 14.9 Å². The van der Waals surface area contributed by atoms with Gasteiger partial charge in [-0.05, 0) is 36.2 Å². The largest absolute Gasteiger partial charge is 0.493 e. The van der Waals surface area contributed by atoms with Gasteiger partial charge >= 0.3 is 0 Å². The first kappa shape index (κ1) is 23.3. The van der Waals surface area contributed by atoms with Crippen LogP contribution in [0, 0.1) is 10.1 Å². The number of hydrogen-bond donors (Lipinski definition) is 1. The van der Waals surface area contributed by atoms with E-state index < -0.39 is 4.92 Å². The summed E-state index contributed by atoms with van der Waals surface area (Å²) in [5.41, 5.74) is 2.03. The van der Waals surface area contributed by atoms with Crippen LogP contribution in [0.15, 0.2) is 42.5 Å². The maximum absolute atomic E-state index is 12.5. The molecule has 0 spiro atoms. The highest BCUT2D eigenvalue weighted by atomic mass is 16.6. The average Bonchev–Trinajstić information content (AvgIpc) is 2.82. The molecule has 1 saturated heterocycles. The lowest BCUT2D eigenvalue weighted by Gasteiger charge is -2.35. The minimum atomic E-state index is -0.421. The van der Waals surface area contributed by atoms with Gasteiger partial charge in [-0.3, -0.25) is 19.8 Å². The Hall–Kier alpha value is -3.33. The summed E-state index contributed by atoms with van der Waals surface area (Å²) in [7, 11) is 3.26. The van der Waals surface area contributed by atoms with Crippen LogP contribution in [0.25, 0.3) is 0 Å². The van der Waals surface area contributed by atoms with Crippen molar-refractivity contribution in [2.75, 3.05) is 52.3 Å². The van der Waals surface area contributed by atoms with Crippen LogP contribution < -0.4 is 14.8 Å². The number of nitro groups is 1. The number of nitro benzene ring substituents is 1. The molecule has 0 saturated carbocycles. The molecule has 1 amide bonds. The summed E-state index contributed by atoms with van der Waals surface area (Å²) in [6.07, 6.45) is 1.19. The van der Waals surface area contributed by atoms with Crippen molar-refractivity contribution in [1.82, 2.24) is 9.80 Å². The van der Waals surface area contributed by atoms with Crippen molar-refractivity contribution in [3.8, 4) is 11.5 Å². The topological polar surface area (TPSA) is 97.2 Å². The summed E-state index contributed by atoms with van der Waals surface area (Å²) < 4.78 is 10.7. The minimum Gasteiger partial charge on any atom is -0.493 e. The number of amides is 1. The molecule has 1 N–H and O–H groups in total. The van der Waals surface area contributed by atoms with Gasteiger partial charge < -0.3 is 19.7 Å². The molecule has 3 rings (SSSR count). The molecular formula is C23H30N4O5. The van der Waals surface area contributed by atoms with Crippen LogP contribution in [0.1, 0.15) is 18.4 Å². The van der Waals surface area contributed by atoms with Crippen molar-refractivity contribution in [2.24, 2.45) is 0 Å². The number of non-ortho nitro benzene ring substituents is 1. The molecule has 1 aliphatic heterocycles. The van der Waals surface area contributed by atoms with Gasteiger partial charge in [0.15, 0.2) is 11.5 Å². The second-order valence-corrected chi connectivity index (χ2v) is 7.68. The van der Waals surface area contributed by atoms with Crippen LogP contribution in [0.5, 0.6) is 11.5 Å². The Morgan fingerprint density at radius 3 is 2.34 bits per heavy atom. The second kappa shape index (κ2) is 11.3. The Kier molecular flexibility index (Phi) is 8.27.